The molecule has 1 aliphatic heterocycles. The van der Waals surface area contributed by atoms with E-state index in [4.69, 9.17) is 16.5 Å². The fourth-order valence-electron chi connectivity index (χ4n) is 2.12. The molecule has 0 atom stereocenters. The number of ether oxygens (including phenoxy) is 1. The van der Waals surface area contributed by atoms with Gasteiger partial charge in [-0.15, -0.1) is 11.8 Å². The fraction of sp³-hybridized carbons (Fsp3) is 0.231. The van der Waals surface area contributed by atoms with Gasteiger partial charge in [0.05, 0.1) is 23.3 Å². The molecule has 0 saturated carbocycles. The Labute approximate surface area is 125 Å². The molecule has 2 aromatic rings. The molecule has 0 amide bonds. The molecule has 0 bridgehead atoms. The van der Waals surface area contributed by atoms with Gasteiger partial charge in [-0.3, -0.25) is 4.42 Å². The van der Waals surface area contributed by atoms with Gasteiger partial charge in [0.25, 0.3) is 0 Å². The summed E-state index contributed by atoms with van der Waals surface area (Å²) in [7, 11) is 1.72. The van der Waals surface area contributed by atoms with Gasteiger partial charge in [-0.25, -0.2) is 9.48 Å². The number of anilines is 1. The van der Waals surface area contributed by atoms with Crippen molar-refractivity contribution < 1.29 is 9.53 Å². The van der Waals surface area contributed by atoms with Gasteiger partial charge in [0, 0.05) is 29.8 Å². The van der Waals surface area contributed by atoms with Crippen LogP contribution in [0.4, 0.5) is 5.69 Å². The van der Waals surface area contributed by atoms with E-state index in [2.05, 4.69) is 5.10 Å². The fourth-order valence-corrected chi connectivity index (χ4v) is 3.48. The topological polar surface area (TPSA) is 47.4 Å². The number of esters is 1. The monoisotopic (exact) mass is 309 g/mol. The molecule has 2 heterocycles. The molecule has 5 nitrogen and oxygen atoms in total. The Balaban J connectivity index is 1.93. The lowest BCUT2D eigenvalue weighted by molar-refractivity contribution is 0.0719. The largest absolute Gasteiger partial charge is 0.404 e. The second-order valence-corrected chi connectivity index (χ2v) is 5.80. The van der Waals surface area contributed by atoms with Crippen molar-refractivity contribution in [3.8, 4) is 5.88 Å². The average molecular weight is 310 g/mol. The van der Waals surface area contributed by atoms with Crippen LogP contribution in [0, 0.1) is 6.92 Å². The van der Waals surface area contributed by atoms with Crippen LogP contribution in [0.1, 0.15) is 15.9 Å². The highest BCUT2D eigenvalue weighted by atomic mass is 35.5. The molecule has 3 rings (SSSR count). The highest BCUT2D eigenvalue weighted by molar-refractivity contribution is 8.00. The summed E-state index contributed by atoms with van der Waals surface area (Å²) in [5, 5.41) is 3.96. The summed E-state index contributed by atoms with van der Waals surface area (Å²) in [6.45, 7) is 1.87. The minimum Gasteiger partial charge on any atom is -0.404 e. The molecule has 104 valence electrons. The smallest absolute Gasteiger partial charge is 0.345 e. The van der Waals surface area contributed by atoms with E-state index < -0.39 is 5.97 Å². The van der Waals surface area contributed by atoms with Gasteiger partial charge in [0.15, 0.2) is 0 Å². The molecule has 0 radical (unpaired) electrons. The van der Waals surface area contributed by atoms with Gasteiger partial charge in [-0.2, -0.15) is 5.10 Å². The number of hydrogen-bond acceptors (Lipinski definition) is 5. The summed E-state index contributed by atoms with van der Waals surface area (Å²) in [6, 6.07) is 5.31. The number of thioether (sulfide) groups is 1. The van der Waals surface area contributed by atoms with Crippen LogP contribution in [0.15, 0.2) is 29.3 Å². The Morgan fingerprint density at radius 1 is 1.45 bits per heavy atom. The number of nitrogens with zero attached hydrogens (tertiary/aromatic N) is 3. The third-order valence-corrected chi connectivity index (χ3v) is 4.62. The highest BCUT2D eigenvalue weighted by Gasteiger charge is 2.25. The molecule has 0 unspecified atom stereocenters. The second kappa shape index (κ2) is 5.03. The Kier molecular flexibility index (Phi) is 3.35. The van der Waals surface area contributed by atoms with Gasteiger partial charge in [-0.05, 0) is 24.6 Å². The molecular weight excluding hydrogens is 298 g/mol. The van der Waals surface area contributed by atoms with Crippen molar-refractivity contribution in [2.75, 3.05) is 10.3 Å². The molecule has 0 N–H and O–H groups in total. The average Bonchev–Trinajstić information content (AvgIpc) is 2.98. The van der Waals surface area contributed by atoms with Crippen LogP contribution >= 0.6 is 23.5 Å². The van der Waals surface area contributed by atoms with Gasteiger partial charge in [0.1, 0.15) is 0 Å². The van der Waals surface area contributed by atoms with Gasteiger partial charge in [-0.1, -0.05) is 0 Å². The Hall–Kier alpha value is -1.66. The van der Waals surface area contributed by atoms with E-state index in [1.807, 2.05) is 13.0 Å². The highest BCUT2D eigenvalue weighted by Crippen LogP contribution is 2.43. The first kappa shape index (κ1) is 13.3. The first-order valence-corrected chi connectivity index (χ1v) is 7.30. The maximum absolute atomic E-state index is 12.3. The third-order valence-electron chi connectivity index (χ3n) is 3.16. The van der Waals surface area contributed by atoms with Crippen molar-refractivity contribution in [2.45, 2.75) is 11.8 Å². The number of aromatic nitrogens is 2. The number of halogens is 1. The van der Waals surface area contributed by atoms with Gasteiger partial charge in [0.2, 0.25) is 5.88 Å². The first-order chi connectivity index (χ1) is 9.58. The van der Waals surface area contributed by atoms with Crippen molar-refractivity contribution in [1.29, 1.82) is 0 Å². The van der Waals surface area contributed by atoms with Crippen LogP contribution in [-0.4, -0.2) is 21.6 Å². The number of fused-ring (bicyclic) bond motifs is 1. The molecule has 20 heavy (non-hydrogen) atoms. The molecule has 1 aliphatic rings. The van der Waals surface area contributed by atoms with E-state index in [9.17, 15) is 4.79 Å². The number of rotatable bonds is 2. The Morgan fingerprint density at radius 3 is 2.95 bits per heavy atom. The van der Waals surface area contributed by atoms with Crippen molar-refractivity contribution >= 4 is 35.2 Å². The zero-order valence-corrected chi connectivity index (χ0v) is 12.5. The van der Waals surface area contributed by atoms with Gasteiger partial charge >= 0.3 is 5.97 Å². The molecule has 0 saturated heterocycles. The number of benzene rings is 1. The summed E-state index contributed by atoms with van der Waals surface area (Å²) in [5.41, 5.74) is 2.23. The van der Waals surface area contributed by atoms with E-state index in [0.717, 1.165) is 16.1 Å². The maximum Gasteiger partial charge on any atom is 0.345 e. The van der Waals surface area contributed by atoms with Crippen LogP contribution in [-0.2, 0) is 7.05 Å². The molecule has 0 fully saturated rings. The van der Waals surface area contributed by atoms with Crippen LogP contribution in [0.5, 0.6) is 5.88 Å². The third kappa shape index (κ3) is 2.14. The van der Waals surface area contributed by atoms with Crippen molar-refractivity contribution in [3.05, 3.63) is 35.5 Å². The lowest BCUT2D eigenvalue weighted by atomic mass is 10.1. The summed E-state index contributed by atoms with van der Waals surface area (Å²) in [6.07, 6.45) is 1.58. The summed E-state index contributed by atoms with van der Waals surface area (Å²) >= 11 is 7.79. The van der Waals surface area contributed by atoms with Crippen LogP contribution in [0.3, 0.4) is 0 Å². The minimum absolute atomic E-state index is 0.407. The summed E-state index contributed by atoms with van der Waals surface area (Å²) in [4.78, 5) is 13.3. The molecule has 0 aliphatic carbocycles. The van der Waals surface area contributed by atoms with Crippen molar-refractivity contribution in [1.82, 2.24) is 9.78 Å². The van der Waals surface area contributed by atoms with E-state index in [0.29, 0.717) is 17.3 Å². The quantitative estimate of drug-likeness (QED) is 0.630. The predicted octanol–water partition coefficient (Wildman–Crippen LogP) is 2.97. The van der Waals surface area contributed by atoms with Crippen LogP contribution in [0.25, 0.3) is 0 Å². The van der Waals surface area contributed by atoms with E-state index in [1.54, 1.807) is 41.6 Å². The summed E-state index contributed by atoms with van der Waals surface area (Å²) < 4.78 is 8.47. The first-order valence-electron chi connectivity index (χ1n) is 5.98. The lowest BCUT2D eigenvalue weighted by Crippen LogP contribution is -2.14. The Morgan fingerprint density at radius 2 is 2.25 bits per heavy atom. The molecular formula is C13H12ClN3O2S. The second-order valence-electron chi connectivity index (χ2n) is 4.40. The van der Waals surface area contributed by atoms with E-state index in [1.165, 1.54) is 4.68 Å². The number of carbonyl (C=O) groups is 1. The van der Waals surface area contributed by atoms with Crippen LogP contribution in [0.2, 0.25) is 0 Å². The molecule has 7 heteroatoms. The normalized spacial score (nSPS) is 13.4. The lowest BCUT2D eigenvalue weighted by Gasteiger charge is -2.13. The molecule has 1 aromatic carbocycles. The maximum atomic E-state index is 12.3. The minimum atomic E-state index is -0.407. The predicted molar refractivity (Wildman–Crippen MR) is 78.4 cm³/mol. The molecule has 0 spiro atoms. The van der Waals surface area contributed by atoms with E-state index in [-0.39, 0.29) is 0 Å². The van der Waals surface area contributed by atoms with Crippen molar-refractivity contribution in [2.24, 2.45) is 7.05 Å². The Bertz CT molecular complexity index is 686. The van der Waals surface area contributed by atoms with E-state index >= 15 is 0 Å². The number of hydrogen-bond donors (Lipinski definition) is 0. The number of aryl methyl sites for hydroxylation is 1. The zero-order valence-electron chi connectivity index (χ0n) is 11.0. The van der Waals surface area contributed by atoms with Gasteiger partial charge < -0.3 is 4.74 Å². The van der Waals surface area contributed by atoms with Crippen molar-refractivity contribution in [3.63, 3.8) is 0 Å². The van der Waals surface area contributed by atoms with Crippen LogP contribution < -0.4 is 9.16 Å². The zero-order chi connectivity index (χ0) is 14.3. The SMILES string of the molecule is Cc1c(C(=O)Oc2ccnn2C)ccc2c1N(Cl)CS2. The summed E-state index contributed by atoms with van der Waals surface area (Å²) in [5.74, 6) is 0.681. The standard InChI is InChI=1S/C13H12ClN3O2S/c1-8-9(3-4-10-12(8)17(14)7-20-10)13(18)19-11-5-6-15-16(11)2/h3-6H,7H2,1-2H3. The molecule has 1 aromatic heterocycles. The number of carbonyl (C=O) groups excluding carboxylic acids is 1.